The minimum Gasteiger partial charge on any atom is -0.396 e. The Bertz CT molecular complexity index is 531. The first kappa shape index (κ1) is 15.5. The van der Waals surface area contributed by atoms with E-state index in [9.17, 15) is 13.5 Å². The van der Waals surface area contributed by atoms with Gasteiger partial charge in [-0.25, -0.2) is 13.1 Å². The van der Waals surface area contributed by atoms with Gasteiger partial charge in [-0.2, -0.15) is 0 Å². The van der Waals surface area contributed by atoms with Gasteiger partial charge in [-0.05, 0) is 25.3 Å². The molecule has 1 fully saturated rings. The molecule has 1 aliphatic carbocycles. The second-order valence-electron chi connectivity index (χ2n) is 5.93. The number of nitrogens with one attached hydrogen (secondary N) is 1. The van der Waals surface area contributed by atoms with Crippen molar-refractivity contribution in [1.82, 2.24) is 4.72 Å². The molecule has 1 saturated carbocycles. The molecule has 0 atom stereocenters. The van der Waals surface area contributed by atoms with Gasteiger partial charge in [0, 0.05) is 18.6 Å². The van der Waals surface area contributed by atoms with Crippen molar-refractivity contribution in [1.29, 1.82) is 0 Å². The summed E-state index contributed by atoms with van der Waals surface area (Å²) in [5, 5.41) is 9.50. The molecule has 0 radical (unpaired) electrons. The van der Waals surface area contributed by atoms with Crippen LogP contribution < -0.4 is 4.72 Å². The van der Waals surface area contributed by atoms with Gasteiger partial charge in [0.2, 0.25) is 10.0 Å². The second kappa shape index (κ2) is 6.24. The Hall–Kier alpha value is -0.910. The maximum absolute atomic E-state index is 12.1. The van der Waals surface area contributed by atoms with Crippen molar-refractivity contribution in [2.45, 2.75) is 38.4 Å². The van der Waals surface area contributed by atoms with Crippen LogP contribution in [0.3, 0.4) is 0 Å². The van der Waals surface area contributed by atoms with E-state index in [1.807, 2.05) is 31.2 Å². The molecule has 112 valence electrons. The highest BCUT2D eigenvalue weighted by Gasteiger charge is 2.34. The Kier molecular flexibility index (Phi) is 4.83. The first-order valence-corrected chi connectivity index (χ1v) is 8.74. The lowest BCUT2D eigenvalue weighted by Gasteiger charge is -2.26. The van der Waals surface area contributed by atoms with Crippen molar-refractivity contribution < 1.29 is 13.5 Å². The maximum atomic E-state index is 12.1. The minimum atomic E-state index is -3.34. The van der Waals surface area contributed by atoms with Crippen molar-refractivity contribution in [3.8, 4) is 0 Å². The third-order valence-corrected chi connectivity index (χ3v) is 5.44. The van der Waals surface area contributed by atoms with Crippen molar-refractivity contribution in [3.63, 3.8) is 0 Å². The Balaban J connectivity index is 1.95. The Morgan fingerprint density at radius 2 is 1.80 bits per heavy atom. The number of aliphatic hydroxyl groups is 1. The van der Waals surface area contributed by atoms with Gasteiger partial charge >= 0.3 is 0 Å². The third-order valence-electron chi connectivity index (χ3n) is 4.14. The molecule has 2 rings (SSSR count). The largest absolute Gasteiger partial charge is 0.396 e. The van der Waals surface area contributed by atoms with Gasteiger partial charge in [-0.1, -0.05) is 42.7 Å². The average molecular weight is 297 g/mol. The number of rotatable bonds is 6. The molecule has 1 aromatic rings. The quantitative estimate of drug-likeness (QED) is 0.843. The molecule has 0 heterocycles. The van der Waals surface area contributed by atoms with Crippen LogP contribution in [0.25, 0.3) is 0 Å². The molecule has 0 aromatic heterocycles. The maximum Gasteiger partial charge on any atom is 0.215 e. The molecule has 0 amide bonds. The highest BCUT2D eigenvalue weighted by molar-refractivity contribution is 7.88. The minimum absolute atomic E-state index is 0.00517. The molecule has 0 spiro atoms. The number of aryl methyl sites for hydroxylation is 1. The summed E-state index contributed by atoms with van der Waals surface area (Å²) in [5.41, 5.74) is 1.65. The zero-order chi connectivity index (χ0) is 14.6. The lowest BCUT2D eigenvalue weighted by Crippen LogP contribution is -2.38. The highest BCUT2D eigenvalue weighted by atomic mass is 32.2. The predicted octanol–water partition coefficient (Wildman–Crippen LogP) is 1.97. The Labute approximate surface area is 121 Å². The Morgan fingerprint density at radius 3 is 2.35 bits per heavy atom. The molecule has 4 nitrogen and oxygen atoms in total. The van der Waals surface area contributed by atoms with Crippen LogP contribution in [0.1, 0.15) is 36.8 Å². The Morgan fingerprint density at radius 1 is 1.20 bits per heavy atom. The standard InChI is InChI=1S/C15H23NO3S/c1-13-4-6-14(7-5-13)10-20(18,19)16-11-15(12-17)8-2-3-9-15/h4-7,16-17H,2-3,8-12H2,1H3. The molecular weight excluding hydrogens is 274 g/mol. The van der Waals surface area contributed by atoms with E-state index in [1.54, 1.807) is 0 Å². The van der Waals surface area contributed by atoms with Gasteiger partial charge in [-0.3, -0.25) is 0 Å². The highest BCUT2D eigenvalue weighted by Crippen LogP contribution is 2.37. The first-order chi connectivity index (χ1) is 9.45. The zero-order valence-corrected chi connectivity index (χ0v) is 12.7. The molecule has 1 aliphatic rings. The molecule has 5 heteroatoms. The number of hydrogen-bond acceptors (Lipinski definition) is 3. The van der Waals surface area contributed by atoms with E-state index in [1.165, 1.54) is 0 Å². The van der Waals surface area contributed by atoms with Crippen molar-refractivity contribution >= 4 is 10.0 Å². The van der Waals surface area contributed by atoms with Crippen molar-refractivity contribution in [3.05, 3.63) is 35.4 Å². The molecule has 0 unspecified atom stereocenters. The van der Waals surface area contributed by atoms with Gasteiger partial charge < -0.3 is 5.11 Å². The SMILES string of the molecule is Cc1ccc(CS(=O)(=O)NCC2(CO)CCCC2)cc1. The third kappa shape index (κ3) is 4.04. The number of benzene rings is 1. The number of hydrogen-bond donors (Lipinski definition) is 2. The van der Waals surface area contributed by atoms with E-state index in [0.29, 0.717) is 6.54 Å². The van der Waals surface area contributed by atoms with Crippen molar-refractivity contribution in [2.24, 2.45) is 5.41 Å². The van der Waals surface area contributed by atoms with Crippen LogP contribution in [-0.4, -0.2) is 26.7 Å². The molecule has 0 aliphatic heterocycles. The molecule has 1 aromatic carbocycles. The van der Waals surface area contributed by atoms with E-state index < -0.39 is 10.0 Å². The molecular formula is C15H23NO3S. The second-order valence-corrected chi connectivity index (χ2v) is 7.74. The van der Waals surface area contributed by atoms with E-state index in [2.05, 4.69) is 4.72 Å². The lowest BCUT2D eigenvalue weighted by atomic mass is 9.88. The normalized spacial score (nSPS) is 18.3. The fourth-order valence-electron chi connectivity index (χ4n) is 2.73. The first-order valence-electron chi connectivity index (χ1n) is 7.09. The van der Waals surface area contributed by atoms with E-state index in [4.69, 9.17) is 0 Å². The number of aliphatic hydroxyl groups excluding tert-OH is 1. The van der Waals surface area contributed by atoms with Crippen LogP contribution in [0, 0.1) is 12.3 Å². The van der Waals surface area contributed by atoms with Crippen LogP contribution in [0.2, 0.25) is 0 Å². The lowest BCUT2D eigenvalue weighted by molar-refractivity contribution is 0.134. The summed E-state index contributed by atoms with van der Waals surface area (Å²) < 4.78 is 26.9. The fraction of sp³-hybridized carbons (Fsp3) is 0.600. The van der Waals surface area contributed by atoms with Crippen LogP contribution in [0.4, 0.5) is 0 Å². The summed E-state index contributed by atoms with van der Waals surface area (Å²) in [7, 11) is -3.34. The summed E-state index contributed by atoms with van der Waals surface area (Å²) >= 11 is 0. The summed E-state index contributed by atoms with van der Waals surface area (Å²) in [4.78, 5) is 0. The topological polar surface area (TPSA) is 66.4 Å². The van der Waals surface area contributed by atoms with Gasteiger partial charge in [-0.15, -0.1) is 0 Å². The van der Waals surface area contributed by atoms with Gasteiger partial charge in [0.05, 0.1) is 5.75 Å². The van der Waals surface area contributed by atoms with E-state index in [0.717, 1.165) is 36.8 Å². The van der Waals surface area contributed by atoms with Gasteiger partial charge in [0.15, 0.2) is 0 Å². The average Bonchev–Trinajstić information content (AvgIpc) is 2.89. The summed E-state index contributed by atoms with van der Waals surface area (Å²) in [6, 6.07) is 7.51. The monoisotopic (exact) mass is 297 g/mol. The molecule has 2 N–H and O–H groups in total. The summed E-state index contributed by atoms with van der Waals surface area (Å²) in [6.07, 6.45) is 3.94. The van der Waals surface area contributed by atoms with Crippen molar-refractivity contribution in [2.75, 3.05) is 13.2 Å². The van der Waals surface area contributed by atoms with Crippen LogP contribution in [0.5, 0.6) is 0 Å². The molecule has 20 heavy (non-hydrogen) atoms. The van der Waals surface area contributed by atoms with Crippen LogP contribution in [-0.2, 0) is 15.8 Å². The van der Waals surface area contributed by atoms with Crippen LogP contribution >= 0.6 is 0 Å². The van der Waals surface area contributed by atoms with E-state index >= 15 is 0 Å². The molecule has 0 saturated heterocycles. The van der Waals surface area contributed by atoms with Gasteiger partial charge in [0.25, 0.3) is 0 Å². The predicted molar refractivity (Wildman–Crippen MR) is 79.8 cm³/mol. The summed E-state index contributed by atoms with van der Waals surface area (Å²) in [5.74, 6) is -0.00517. The number of sulfonamides is 1. The van der Waals surface area contributed by atoms with Crippen LogP contribution in [0.15, 0.2) is 24.3 Å². The van der Waals surface area contributed by atoms with E-state index in [-0.39, 0.29) is 17.8 Å². The smallest absolute Gasteiger partial charge is 0.215 e. The fourth-order valence-corrected chi connectivity index (χ4v) is 3.99. The molecule has 0 bridgehead atoms. The summed E-state index contributed by atoms with van der Waals surface area (Å²) in [6.45, 7) is 2.37. The van der Waals surface area contributed by atoms with Gasteiger partial charge in [0.1, 0.15) is 0 Å². The zero-order valence-electron chi connectivity index (χ0n) is 11.9.